The molecule has 93 valence electrons. The number of benzene rings is 2. The summed E-state index contributed by atoms with van der Waals surface area (Å²) in [4.78, 5) is 23.4. The van der Waals surface area contributed by atoms with Crippen molar-refractivity contribution in [2.24, 2.45) is 0 Å². The Morgan fingerprint density at radius 1 is 0.842 bits per heavy atom. The first-order valence-corrected chi connectivity index (χ1v) is 5.37. The number of ether oxygens (including phenoxy) is 2. The molecular formula is C14H12NaO4. The molecule has 0 saturated carbocycles. The van der Waals surface area contributed by atoms with Crippen LogP contribution in [0, 0.1) is 0 Å². The topological polar surface area (TPSA) is 52.6 Å². The summed E-state index contributed by atoms with van der Waals surface area (Å²) < 4.78 is 9.44. The smallest absolute Gasteiger partial charge is 0.338 e. The van der Waals surface area contributed by atoms with Gasteiger partial charge in [0.15, 0.2) is 0 Å². The molecule has 19 heavy (non-hydrogen) atoms. The Morgan fingerprint density at radius 2 is 1.26 bits per heavy atom. The molecule has 0 fully saturated rings. The van der Waals surface area contributed by atoms with Gasteiger partial charge in [0.05, 0.1) is 25.3 Å². The molecule has 0 aliphatic rings. The molecule has 2 aromatic carbocycles. The van der Waals surface area contributed by atoms with Gasteiger partial charge in [-0.15, -0.1) is 0 Å². The van der Waals surface area contributed by atoms with Crippen LogP contribution >= 0.6 is 0 Å². The van der Waals surface area contributed by atoms with Crippen molar-refractivity contribution in [2.75, 3.05) is 14.2 Å². The summed E-state index contributed by atoms with van der Waals surface area (Å²) in [5, 5.41) is 1.35. The number of hydrogen-bond donors (Lipinski definition) is 0. The maximum Gasteiger partial charge on any atom is 0.338 e. The first-order valence-electron chi connectivity index (χ1n) is 5.37. The second-order valence-corrected chi connectivity index (χ2v) is 3.69. The second-order valence-electron chi connectivity index (χ2n) is 3.69. The fourth-order valence-electron chi connectivity index (χ4n) is 1.90. The molecule has 2 rings (SSSR count). The minimum Gasteiger partial charge on any atom is -0.465 e. The Bertz CT molecular complexity index is 571. The van der Waals surface area contributed by atoms with Crippen molar-refractivity contribution in [1.29, 1.82) is 0 Å². The van der Waals surface area contributed by atoms with Crippen molar-refractivity contribution in [3.63, 3.8) is 0 Å². The number of carbonyl (C=O) groups is 2. The number of carbonyl (C=O) groups excluding carboxylic acids is 2. The molecule has 5 heteroatoms. The summed E-state index contributed by atoms with van der Waals surface area (Å²) in [6.07, 6.45) is 0. The number of fused-ring (bicyclic) bond motifs is 1. The molecule has 0 aliphatic carbocycles. The van der Waals surface area contributed by atoms with Crippen LogP contribution in [0.15, 0.2) is 36.4 Å². The van der Waals surface area contributed by atoms with Crippen molar-refractivity contribution >= 4 is 52.3 Å². The molecule has 1 radical (unpaired) electrons. The number of methoxy groups -OCH3 is 2. The molecule has 4 nitrogen and oxygen atoms in total. The number of esters is 2. The zero-order chi connectivity index (χ0) is 13.1. The molecule has 0 aliphatic heterocycles. The van der Waals surface area contributed by atoms with E-state index in [1.165, 1.54) is 14.2 Å². The molecule has 0 amide bonds. The van der Waals surface area contributed by atoms with Crippen LogP contribution in [-0.4, -0.2) is 55.7 Å². The Morgan fingerprint density at radius 3 is 1.63 bits per heavy atom. The van der Waals surface area contributed by atoms with Gasteiger partial charge in [0.2, 0.25) is 0 Å². The Hall–Kier alpha value is -1.36. The first kappa shape index (κ1) is 15.7. The zero-order valence-electron chi connectivity index (χ0n) is 11.1. The Kier molecular flexibility index (Phi) is 5.54. The Balaban J connectivity index is 0.00000180. The third kappa shape index (κ3) is 2.97. The van der Waals surface area contributed by atoms with Crippen LogP contribution in [0.5, 0.6) is 0 Å². The number of rotatable bonds is 2. The standard InChI is InChI=1S/C14H12O4.Na/c1-17-13(15)10-7-3-5-9-6-4-8-11(12(9)10)14(16)18-2;/h3-8H,1-2H3;. The fraction of sp³-hybridized carbons (Fsp3) is 0.143. The van der Waals surface area contributed by atoms with Crippen LogP contribution in [0.3, 0.4) is 0 Å². The van der Waals surface area contributed by atoms with Gasteiger partial charge in [-0.05, 0) is 17.5 Å². The zero-order valence-corrected chi connectivity index (χ0v) is 13.1. The first-order chi connectivity index (χ1) is 8.69. The van der Waals surface area contributed by atoms with E-state index in [1.807, 2.05) is 12.1 Å². The summed E-state index contributed by atoms with van der Waals surface area (Å²) >= 11 is 0. The van der Waals surface area contributed by atoms with Gasteiger partial charge >= 0.3 is 11.9 Å². The number of hydrogen-bond acceptors (Lipinski definition) is 4. The second kappa shape index (κ2) is 6.70. The summed E-state index contributed by atoms with van der Waals surface area (Å²) in [5.74, 6) is -0.950. The minimum atomic E-state index is -0.475. The van der Waals surface area contributed by atoms with E-state index in [9.17, 15) is 9.59 Å². The molecule has 0 aromatic heterocycles. The molecule has 2 aromatic rings. The van der Waals surface area contributed by atoms with E-state index in [0.29, 0.717) is 16.5 Å². The van der Waals surface area contributed by atoms with Gasteiger partial charge in [0.25, 0.3) is 0 Å². The van der Waals surface area contributed by atoms with E-state index < -0.39 is 11.9 Å². The van der Waals surface area contributed by atoms with Gasteiger partial charge in [0.1, 0.15) is 0 Å². The van der Waals surface area contributed by atoms with Gasteiger partial charge in [-0.3, -0.25) is 0 Å². The van der Waals surface area contributed by atoms with Crippen molar-refractivity contribution < 1.29 is 19.1 Å². The van der Waals surface area contributed by atoms with Gasteiger partial charge < -0.3 is 9.47 Å². The van der Waals surface area contributed by atoms with Crippen LogP contribution in [0.1, 0.15) is 20.7 Å². The average molecular weight is 267 g/mol. The SMILES string of the molecule is COC(=O)c1cccc2cccc(C(=O)OC)c12.[Na]. The molecule has 0 atom stereocenters. The molecule has 0 spiro atoms. The molecular weight excluding hydrogens is 255 g/mol. The van der Waals surface area contributed by atoms with Gasteiger partial charge in [-0.1, -0.05) is 24.3 Å². The molecule has 0 unspecified atom stereocenters. The van der Waals surface area contributed by atoms with Crippen LogP contribution in [0.4, 0.5) is 0 Å². The molecule has 0 N–H and O–H groups in total. The average Bonchev–Trinajstić information content (AvgIpc) is 2.44. The molecule has 0 heterocycles. The van der Waals surface area contributed by atoms with Crippen molar-refractivity contribution in [3.05, 3.63) is 47.5 Å². The van der Waals surface area contributed by atoms with Gasteiger partial charge in [-0.2, -0.15) is 0 Å². The van der Waals surface area contributed by atoms with Gasteiger partial charge in [0, 0.05) is 34.9 Å². The van der Waals surface area contributed by atoms with Crippen molar-refractivity contribution in [2.45, 2.75) is 0 Å². The summed E-state index contributed by atoms with van der Waals surface area (Å²) in [6.45, 7) is 0. The van der Waals surface area contributed by atoms with Crippen LogP contribution in [0.2, 0.25) is 0 Å². The maximum absolute atomic E-state index is 11.7. The van der Waals surface area contributed by atoms with E-state index in [4.69, 9.17) is 9.47 Å². The van der Waals surface area contributed by atoms with E-state index in [2.05, 4.69) is 0 Å². The summed E-state index contributed by atoms with van der Waals surface area (Å²) in [6, 6.07) is 10.4. The van der Waals surface area contributed by atoms with Crippen LogP contribution in [-0.2, 0) is 9.47 Å². The van der Waals surface area contributed by atoms with E-state index in [0.717, 1.165) is 5.39 Å². The Labute approximate surface area is 133 Å². The predicted octanol–water partition coefficient (Wildman–Crippen LogP) is 2.03. The molecule has 0 saturated heterocycles. The van der Waals surface area contributed by atoms with Crippen molar-refractivity contribution in [3.8, 4) is 0 Å². The monoisotopic (exact) mass is 267 g/mol. The van der Waals surface area contributed by atoms with E-state index >= 15 is 0 Å². The van der Waals surface area contributed by atoms with Crippen molar-refractivity contribution in [1.82, 2.24) is 0 Å². The normalized spacial score (nSPS) is 9.58. The minimum absolute atomic E-state index is 0. The molecule has 0 bridgehead atoms. The van der Waals surface area contributed by atoms with Gasteiger partial charge in [-0.25, -0.2) is 9.59 Å². The maximum atomic E-state index is 11.7. The van der Waals surface area contributed by atoms with E-state index in [-0.39, 0.29) is 29.6 Å². The van der Waals surface area contributed by atoms with Crippen LogP contribution < -0.4 is 0 Å². The summed E-state index contributed by atoms with van der Waals surface area (Å²) in [5.41, 5.74) is 0.715. The fourth-order valence-corrected chi connectivity index (χ4v) is 1.90. The van der Waals surface area contributed by atoms with Crippen LogP contribution in [0.25, 0.3) is 10.8 Å². The summed E-state index contributed by atoms with van der Waals surface area (Å²) in [7, 11) is 2.61. The quantitative estimate of drug-likeness (QED) is 0.617. The largest absolute Gasteiger partial charge is 0.465 e. The van der Waals surface area contributed by atoms with E-state index in [1.54, 1.807) is 24.3 Å². The third-order valence-electron chi connectivity index (χ3n) is 2.72. The predicted molar refractivity (Wildman–Crippen MR) is 72.4 cm³/mol. The third-order valence-corrected chi connectivity index (χ3v) is 2.72.